The monoisotopic (exact) mass is 681 g/mol. The molecule has 266 valence electrons. The summed E-state index contributed by atoms with van der Waals surface area (Å²) in [6.07, 6.45) is -4.35. The van der Waals surface area contributed by atoms with Gasteiger partial charge in [-0.2, -0.15) is 13.2 Å². The third-order valence-electron chi connectivity index (χ3n) is 9.26. The van der Waals surface area contributed by atoms with Crippen LogP contribution in [-0.2, 0) is 23.9 Å². The lowest BCUT2D eigenvalue weighted by molar-refractivity contribution is -0.217. The number of hydrogen-bond acceptors (Lipinski definition) is 7. The summed E-state index contributed by atoms with van der Waals surface area (Å²) in [6, 6.07) is 2.83. The van der Waals surface area contributed by atoms with E-state index in [1.54, 1.807) is 20.8 Å². The van der Waals surface area contributed by atoms with Crippen molar-refractivity contribution in [1.29, 1.82) is 0 Å². The molecule has 3 heterocycles. The zero-order chi connectivity index (χ0) is 35.8. The van der Waals surface area contributed by atoms with E-state index >= 15 is 0 Å². The smallest absolute Gasteiger partial charge is 0.410 e. The van der Waals surface area contributed by atoms with Gasteiger partial charge in [-0.05, 0) is 66.9 Å². The average Bonchev–Trinajstić information content (AvgIpc) is 3.42. The summed E-state index contributed by atoms with van der Waals surface area (Å²) in [7, 11) is 1.34. The van der Waals surface area contributed by atoms with E-state index in [-0.39, 0.29) is 25.4 Å². The predicted molar refractivity (Wildman–Crippen MR) is 168 cm³/mol. The summed E-state index contributed by atoms with van der Waals surface area (Å²) in [5, 5.41) is 5.62. The zero-order valence-electron chi connectivity index (χ0n) is 28.5. The van der Waals surface area contributed by atoms with E-state index in [2.05, 4.69) is 10.6 Å². The number of benzene rings is 1. The van der Waals surface area contributed by atoms with Gasteiger partial charge in [-0.15, -0.1) is 0 Å². The molecule has 3 aliphatic heterocycles. The number of likely N-dealkylation sites (N-methyl/N-ethyl adjacent to an activating group) is 1. The minimum atomic E-state index is -4.87. The van der Waals surface area contributed by atoms with Crippen molar-refractivity contribution in [2.45, 2.75) is 109 Å². The summed E-state index contributed by atoms with van der Waals surface area (Å²) < 4.78 is 52.9. The van der Waals surface area contributed by atoms with Crippen LogP contribution in [0.3, 0.4) is 0 Å². The number of carbonyl (C=O) groups is 5. The van der Waals surface area contributed by atoms with Gasteiger partial charge in [0, 0.05) is 38.2 Å². The first-order valence-electron chi connectivity index (χ1n) is 16.2. The molecule has 1 aromatic carbocycles. The predicted octanol–water partition coefficient (Wildman–Crippen LogP) is 3.55. The lowest BCUT2D eigenvalue weighted by atomic mass is 9.90. The lowest BCUT2D eigenvalue weighted by Gasteiger charge is -2.41. The van der Waals surface area contributed by atoms with Gasteiger partial charge in [-0.3, -0.25) is 24.1 Å². The molecule has 2 saturated heterocycles. The molecule has 0 aromatic heterocycles. The highest BCUT2D eigenvalue weighted by Crippen LogP contribution is 2.40. The van der Waals surface area contributed by atoms with E-state index in [0.29, 0.717) is 25.2 Å². The Labute approximate surface area is 278 Å². The normalized spacial score (nSPS) is 23.8. The van der Waals surface area contributed by atoms with Crippen molar-refractivity contribution >= 4 is 29.7 Å². The molecule has 1 aromatic rings. The Kier molecular flexibility index (Phi) is 10.6. The molecule has 15 heteroatoms. The second-order valence-electron chi connectivity index (χ2n) is 14.2. The first kappa shape index (κ1) is 36.8. The van der Waals surface area contributed by atoms with Gasteiger partial charge in [-0.1, -0.05) is 18.2 Å². The van der Waals surface area contributed by atoms with Crippen molar-refractivity contribution in [3.05, 3.63) is 29.8 Å². The number of ether oxygens (including phenoxy) is 2. The Morgan fingerprint density at radius 1 is 0.979 bits per heavy atom. The van der Waals surface area contributed by atoms with Gasteiger partial charge >= 0.3 is 12.3 Å². The largest absolute Gasteiger partial charge is 0.493 e. The number of nitrogens with zero attached hydrogens (tertiary/aromatic N) is 3. The van der Waals surface area contributed by atoms with Gasteiger partial charge in [0.1, 0.15) is 34.9 Å². The molecular formula is C33H46F3N5O7. The van der Waals surface area contributed by atoms with E-state index in [4.69, 9.17) is 9.47 Å². The van der Waals surface area contributed by atoms with Crippen molar-refractivity contribution in [2.24, 2.45) is 5.41 Å². The van der Waals surface area contributed by atoms with E-state index < -0.39 is 77.6 Å². The van der Waals surface area contributed by atoms with E-state index in [1.165, 1.54) is 18.9 Å². The SMILES string of the molecule is C[C@@H](C(=O)N[C@H]1CN(C(=O)C(C)(C)C(F)(F)F)CC[C@H]2CC[C@@H](C(=O)N[C@@H]3CCOc4ccccc43)N2C1=O)N(C)C(=O)OC(C)(C)C. The fraction of sp³-hybridized carbons (Fsp3) is 0.667. The minimum Gasteiger partial charge on any atom is -0.493 e. The van der Waals surface area contributed by atoms with Crippen LogP contribution in [0.2, 0.25) is 0 Å². The minimum absolute atomic E-state index is 0.131. The quantitative estimate of drug-likeness (QED) is 0.469. The van der Waals surface area contributed by atoms with Crippen LogP contribution in [0.4, 0.5) is 18.0 Å². The molecule has 2 N–H and O–H groups in total. The maximum Gasteiger partial charge on any atom is 0.410 e. The first-order chi connectivity index (χ1) is 22.2. The maximum absolute atomic E-state index is 14.3. The molecule has 4 rings (SSSR count). The van der Waals surface area contributed by atoms with Crippen LogP contribution < -0.4 is 15.4 Å². The molecule has 5 atom stereocenters. The molecule has 0 radical (unpaired) electrons. The van der Waals surface area contributed by atoms with Crippen LogP contribution in [-0.4, -0.2) is 107 Å². The number of nitrogens with one attached hydrogen (secondary N) is 2. The summed E-state index contributed by atoms with van der Waals surface area (Å²) in [5.74, 6) is -2.48. The standard InChI is InChI=1S/C33H46F3N5O7/c1-19(39(7)30(46)48-31(2,3)4)26(42)38-23-18-40(29(45)32(5,6)33(34,35)36)16-14-20-12-13-24(41(20)28(23)44)27(43)37-22-15-17-47-25-11-9-8-10-21(22)25/h8-11,19-20,22-24H,12-18H2,1-7H3,(H,37,43)(H,38,42)/t19-,20+,22+,23-,24-/m0/s1. The van der Waals surface area contributed by atoms with Gasteiger partial charge in [0.2, 0.25) is 23.6 Å². The zero-order valence-corrected chi connectivity index (χ0v) is 28.5. The Balaban J connectivity index is 1.60. The van der Waals surface area contributed by atoms with Gasteiger partial charge in [0.05, 0.1) is 12.6 Å². The van der Waals surface area contributed by atoms with Crippen LogP contribution in [0.5, 0.6) is 5.75 Å². The summed E-state index contributed by atoms with van der Waals surface area (Å²) in [5.41, 5.74) is -2.80. The van der Waals surface area contributed by atoms with Crippen molar-refractivity contribution in [1.82, 2.24) is 25.3 Å². The topological polar surface area (TPSA) is 138 Å². The second-order valence-corrected chi connectivity index (χ2v) is 14.2. The van der Waals surface area contributed by atoms with Gasteiger partial charge < -0.3 is 29.9 Å². The Hall–Kier alpha value is -4.04. The lowest BCUT2D eigenvalue weighted by Crippen LogP contribution is -2.63. The molecule has 48 heavy (non-hydrogen) atoms. The highest BCUT2D eigenvalue weighted by Gasteiger charge is 2.55. The Morgan fingerprint density at radius 2 is 1.65 bits per heavy atom. The maximum atomic E-state index is 14.3. The molecule has 0 unspecified atom stereocenters. The number of para-hydroxylation sites is 1. The number of halogens is 3. The molecule has 0 saturated carbocycles. The number of fused-ring (bicyclic) bond motifs is 2. The number of carbonyl (C=O) groups excluding carboxylic acids is 5. The first-order valence-corrected chi connectivity index (χ1v) is 16.2. The summed E-state index contributed by atoms with van der Waals surface area (Å²) in [4.78, 5) is 70.9. The van der Waals surface area contributed by atoms with Crippen molar-refractivity contribution in [3.8, 4) is 5.75 Å². The van der Waals surface area contributed by atoms with E-state index in [0.717, 1.165) is 29.2 Å². The number of hydrogen-bond donors (Lipinski definition) is 2. The molecule has 12 nitrogen and oxygen atoms in total. The Bertz CT molecular complexity index is 1410. The highest BCUT2D eigenvalue weighted by molar-refractivity contribution is 5.95. The molecular weight excluding hydrogens is 635 g/mol. The molecule has 3 aliphatic rings. The fourth-order valence-electron chi connectivity index (χ4n) is 6.16. The van der Waals surface area contributed by atoms with E-state index in [1.807, 2.05) is 24.3 Å². The van der Waals surface area contributed by atoms with Crippen LogP contribution in [0.25, 0.3) is 0 Å². The van der Waals surface area contributed by atoms with Crippen LogP contribution in [0.15, 0.2) is 24.3 Å². The van der Waals surface area contributed by atoms with Gasteiger partial charge in [-0.25, -0.2) is 4.79 Å². The third kappa shape index (κ3) is 7.81. The third-order valence-corrected chi connectivity index (χ3v) is 9.26. The highest BCUT2D eigenvalue weighted by atomic mass is 19.4. The van der Waals surface area contributed by atoms with Gasteiger partial charge in [0.15, 0.2) is 0 Å². The molecule has 0 spiro atoms. The average molecular weight is 682 g/mol. The van der Waals surface area contributed by atoms with Crippen LogP contribution in [0, 0.1) is 5.41 Å². The molecule has 5 amide bonds. The van der Waals surface area contributed by atoms with Crippen molar-refractivity contribution in [2.75, 3.05) is 26.7 Å². The molecule has 0 aliphatic carbocycles. The number of alkyl halides is 3. The number of rotatable bonds is 6. The van der Waals surface area contributed by atoms with Crippen LogP contribution >= 0.6 is 0 Å². The van der Waals surface area contributed by atoms with Crippen molar-refractivity contribution < 1.29 is 46.6 Å². The van der Waals surface area contributed by atoms with E-state index in [9.17, 15) is 37.1 Å². The fourth-order valence-corrected chi connectivity index (χ4v) is 6.16. The Morgan fingerprint density at radius 3 is 2.29 bits per heavy atom. The second kappa shape index (κ2) is 13.8. The summed E-state index contributed by atoms with van der Waals surface area (Å²) >= 11 is 0. The molecule has 2 fully saturated rings. The van der Waals surface area contributed by atoms with Crippen LogP contribution in [0.1, 0.15) is 78.8 Å². The van der Waals surface area contributed by atoms with Crippen molar-refractivity contribution in [3.63, 3.8) is 0 Å². The molecule has 0 bridgehead atoms. The van der Waals surface area contributed by atoms with Gasteiger partial charge in [0.25, 0.3) is 0 Å². The summed E-state index contributed by atoms with van der Waals surface area (Å²) in [6.45, 7) is 7.63. The number of amides is 5.